The highest BCUT2D eigenvalue weighted by atomic mass is 14.9. The second-order valence-corrected chi connectivity index (χ2v) is 5.78. The first-order valence-corrected chi connectivity index (χ1v) is 8.89. The number of pyridine rings is 1. The van der Waals surface area contributed by atoms with Gasteiger partial charge in [-0.05, 0) is 32.0 Å². The van der Waals surface area contributed by atoms with E-state index < -0.39 is 0 Å². The Morgan fingerprint density at radius 2 is 1.41 bits per heavy atom. The SMILES string of the molecule is C/C=C\C=C/NCCCCCCCCCC[n+]1ccccc1. The van der Waals surface area contributed by atoms with Gasteiger partial charge in [-0.2, -0.15) is 0 Å². The first kappa shape index (κ1) is 18.5. The van der Waals surface area contributed by atoms with E-state index in [-0.39, 0.29) is 0 Å². The molecule has 22 heavy (non-hydrogen) atoms. The molecule has 1 heterocycles. The molecule has 1 aromatic heterocycles. The van der Waals surface area contributed by atoms with Crippen LogP contribution >= 0.6 is 0 Å². The molecule has 122 valence electrons. The molecule has 2 heteroatoms. The normalized spacial score (nSPS) is 11.5. The molecule has 0 aliphatic carbocycles. The van der Waals surface area contributed by atoms with Crippen LogP contribution in [-0.2, 0) is 6.54 Å². The van der Waals surface area contributed by atoms with Gasteiger partial charge in [-0.15, -0.1) is 0 Å². The highest BCUT2D eigenvalue weighted by Gasteiger charge is 1.97. The number of hydrogen-bond acceptors (Lipinski definition) is 1. The number of nitrogens with one attached hydrogen (secondary N) is 1. The number of allylic oxidation sites excluding steroid dienone is 3. The quantitative estimate of drug-likeness (QED) is 0.315. The summed E-state index contributed by atoms with van der Waals surface area (Å²) in [4.78, 5) is 0. The van der Waals surface area contributed by atoms with Crippen LogP contribution in [0.2, 0.25) is 0 Å². The molecule has 0 saturated carbocycles. The van der Waals surface area contributed by atoms with E-state index in [1.807, 2.05) is 31.4 Å². The number of unbranched alkanes of at least 4 members (excludes halogenated alkanes) is 7. The summed E-state index contributed by atoms with van der Waals surface area (Å²) in [6.07, 6.45) is 23.3. The van der Waals surface area contributed by atoms with E-state index in [1.54, 1.807) is 0 Å². The fourth-order valence-electron chi connectivity index (χ4n) is 2.48. The van der Waals surface area contributed by atoms with E-state index in [2.05, 4.69) is 40.5 Å². The summed E-state index contributed by atoms with van der Waals surface area (Å²) in [6, 6.07) is 6.28. The zero-order valence-electron chi connectivity index (χ0n) is 14.2. The molecule has 1 aromatic rings. The lowest BCUT2D eigenvalue weighted by molar-refractivity contribution is -0.697. The first-order valence-electron chi connectivity index (χ1n) is 8.89. The molecule has 0 spiro atoms. The number of hydrogen-bond donors (Lipinski definition) is 1. The topological polar surface area (TPSA) is 15.9 Å². The predicted octanol–water partition coefficient (Wildman–Crippen LogP) is 4.77. The van der Waals surface area contributed by atoms with E-state index in [0.717, 1.165) is 13.1 Å². The summed E-state index contributed by atoms with van der Waals surface area (Å²) in [5.74, 6) is 0. The zero-order chi connectivity index (χ0) is 15.7. The van der Waals surface area contributed by atoms with E-state index in [4.69, 9.17) is 0 Å². The average molecular weight is 301 g/mol. The number of aromatic nitrogens is 1. The van der Waals surface area contributed by atoms with Crippen LogP contribution in [-0.4, -0.2) is 6.54 Å². The minimum Gasteiger partial charge on any atom is -0.391 e. The fourth-order valence-corrected chi connectivity index (χ4v) is 2.48. The fraction of sp³-hybridized carbons (Fsp3) is 0.550. The molecule has 0 fully saturated rings. The van der Waals surface area contributed by atoms with Crippen molar-refractivity contribution in [2.45, 2.75) is 64.8 Å². The van der Waals surface area contributed by atoms with Crippen LogP contribution in [0.1, 0.15) is 58.3 Å². The van der Waals surface area contributed by atoms with E-state index in [9.17, 15) is 0 Å². The highest BCUT2D eigenvalue weighted by Crippen LogP contribution is 2.08. The van der Waals surface area contributed by atoms with E-state index in [0.29, 0.717) is 0 Å². The minimum absolute atomic E-state index is 1.10. The van der Waals surface area contributed by atoms with Gasteiger partial charge in [0.25, 0.3) is 0 Å². The lowest BCUT2D eigenvalue weighted by atomic mass is 10.1. The Labute approximate surface area is 137 Å². The molecule has 1 N–H and O–H groups in total. The lowest BCUT2D eigenvalue weighted by Crippen LogP contribution is -2.32. The Hall–Kier alpha value is -1.57. The third kappa shape index (κ3) is 11.1. The Morgan fingerprint density at radius 3 is 2.09 bits per heavy atom. The van der Waals surface area contributed by atoms with Crippen molar-refractivity contribution in [2.24, 2.45) is 0 Å². The van der Waals surface area contributed by atoms with Crippen LogP contribution in [0.4, 0.5) is 0 Å². The molecule has 0 aliphatic heterocycles. The van der Waals surface area contributed by atoms with Gasteiger partial charge in [0, 0.05) is 25.1 Å². The Kier molecular flexibility index (Phi) is 12.1. The van der Waals surface area contributed by atoms with Crippen LogP contribution in [0.25, 0.3) is 0 Å². The van der Waals surface area contributed by atoms with Crippen LogP contribution < -0.4 is 9.88 Å². The molecular formula is C20H33N2+. The number of aryl methyl sites for hydroxylation is 1. The van der Waals surface area contributed by atoms with Crippen LogP contribution in [0.5, 0.6) is 0 Å². The van der Waals surface area contributed by atoms with Gasteiger partial charge >= 0.3 is 0 Å². The molecule has 0 saturated heterocycles. The van der Waals surface area contributed by atoms with Crippen molar-refractivity contribution in [2.75, 3.05) is 6.54 Å². The van der Waals surface area contributed by atoms with Gasteiger partial charge in [-0.1, -0.05) is 50.3 Å². The molecule has 0 amide bonds. The summed E-state index contributed by atoms with van der Waals surface area (Å²) in [5.41, 5.74) is 0. The second kappa shape index (κ2) is 14.4. The maximum absolute atomic E-state index is 3.32. The van der Waals surface area contributed by atoms with Crippen LogP contribution in [0, 0.1) is 0 Å². The number of nitrogens with zero attached hydrogens (tertiary/aromatic N) is 1. The van der Waals surface area contributed by atoms with E-state index in [1.165, 1.54) is 51.4 Å². The summed E-state index contributed by atoms with van der Waals surface area (Å²) in [7, 11) is 0. The van der Waals surface area contributed by atoms with Gasteiger partial charge in [0.05, 0.1) is 0 Å². The van der Waals surface area contributed by atoms with Crippen molar-refractivity contribution in [3.05, 3.63) is 55.0 Å². The molecule has 2 nitrogen and oxygen atoms in total. The van der Waals surface area contributed by atoms with Crippen molar-refractivity contribution >= 4 is 0 Å². The largest absolute Gasteiger partial charge is 0.391 e. The van der Waals surface area contributed by atoms with Crippen molar-refractivity contribution in [3.63, 3.8) is 0 Å². The predicted molar refractivity (Wildman–Crippen MR) is 95.5 cm³/mol. The van der Waals surface area contributed by atoms with Crippen molar-refractivity contribution in [1.29, 1.82) is 0 Å². The monoisotopic (exact) mass is 301 g/mol. The molecule has 0 aliphatic rings. The van der Waals surface area contributed by atoms with Crippen molar-refractivity contribution in [3.8, 4) is 0 Å². The summed E-state index contributed by atoms with van der Waals surface area (Å²) in [6.45, 7) is 4.29. The third-order valence-corrected chi connectivity index (χ3v) is 3.78. The van der Waals surface area contributed by atoms with Gasteiger partial charge < -0.3 is 5.32 Å². The first-order chi connectivity index (χ1) is 10.9. The lowest BCUT2D eigenvalue weighted by Gasteiger charge is -2.02. The van der Waals surface area contributed by atoms with Crippen molar-refractivity contribution in [1.82, 2.24) is 5.32 Å². The van der Waals surface area contributed by atoms with E-state index >= 15 is 0 Å². The van der Waals surface area contributed by atoms with Gasteiger partial charge in [0.15, 0.2) is 12.4 Å². The average Bonchev–Trinajstić information content (AvgIpc) is 2.56. The minimum atomic E-state index is 1.10. The molecular weight excluding hydrogens is 268 g/mol. The third-order valence-electron chi connectivity index (χ3n) is 3.78. The van der Waals surface area contributed by atoms with Crippen molar-refractivity contribution < 1.29 is 4.57 Å². The summed E-state index contributed by atoms with van der Waals surface area (Å²) >= 11 is 0. The zero-order valence-corrected chi connectivity index (χ0v) is 14.2. The number of rotatable bonds is 13. The van der Waals surface area contributed by atoms with Gasteiger partial charge in [0.2, 0.25) is 0 Å². The Balaban J connectivity index is 1.78. The maximum Gasteiger partial charge on any atom is 0.168 e. The standard InChI is InChI=1S/C20H33N2/c1-2-3-11-16-21-17-12-8-6-4-5-7-9-13-18-22-19-14-10-15-20-22/h2-3,10-11,14-16,19-21H,4-9,12-13,17-18H2,1H3/q+1/b3-2-,16-11-. The van der Waals surface area contributed by atoms with Gasteiger partial charge in [0.1, 0.15) is 6.54 Å². The van der Waals surface area contributed by atoms with Crippen LogP contribution in [0.3, 0.4) is 0 Å². The molecule has 0 radical (unpaired) electrons. The van der Waals surface area contributed by atoms with Gasteiger partial charge in [-0.3, -0.25) is 0 Å². The molecule has 1 rings (SSSR count). The molecule has 0 bridgehead atoms. The van der Waals surface area contributed by atoms with Gasteiger partial charge in [-0.25, -0.2) is 4.57 Å². The Morgan fingerprint density at radius 1 is 0.773 bits per heavy atom. The summed E-state index contributed by atoms with van der Waals surface area (Å²) < 4.78 is 2.28. The molecule has 0 unspecified atom stereocenters. The summed E-state index contributed by atoms with van der Waals surface area (Å²) in [5, 5.41) is 3.32. The molecule has 0 aromatic carbocycles. The van der Waals surface area contributed by atoms with Crippen LogP contribution in [0.15, 0.2) is 55.0 Å². The smallest absolute Gasteiger partial charge is 0.168 e. The maximum atomic E-state index is 3.32. The molecule has 0 atom stereocenters. The highest BCUT2D eigenvalue weighted by molar-refractivity contribution is 4.99. The second-order valence-electron chi connectivity index (χ2n) is 5.78. The Bertz CT molecular complexity index is 395.